The van der Waals surface area contributed by atoms with E-state index in [2.05, 4.69) is 15.7 Å². The van der Waals surface area contributed by atoms with Crippen LogP contribution in [0.4, 0.5) is 5.69 Å². The average Bonchev–Trinajstić information content (AvgIpc) is 2.92. The molecule has 1 heterocycles. The third-order valence-electron chi connectivity index (χ3n) is 2.59. The van der Waals surface area contributed by atoms with Gasteiger partial charge in [0.15, 0.2) is 5.11 Å². The zero-order valence-electron chi connectivity index (χ0n) is 10.6. The molecule has 2 N–H and O–H groups in total. The molecule has 1 aromatic heterocycles. The van der Waals surface area contributed by atoms with Crippen molar-refractivity contribution in [3.05, 3.63) is 46.7 Å². The Labute approximate surface area is 133 Å². The molecular formula is C13H14Cl2N4S. The van der Waals surface area contributed by atoms with Crippen molar-refractivity contribution in [1.82, 2.24) is 15.1 Å². The van der Waals surface area contributed by atoms with Crippen LogP contribution >= 0.6 is 35.4 Å². The summed E-state index contributed by atoms with van der Waals surface area (Å²) >= 11 is 17.2. The van der Waals surface area contributed by atoms with Gasteiger partial charge in [-0.1, -0.05) is 23.2 Å². The highest BCUT2D eigenvalue weighted by atomic mass is 35.5. The fourth-order valence-electron chi connectivity index (χ4n) is 1.64. The summed E-state index contributed by atoms with van der Waals surface area (Å²) in [5.74, 6) is 0. The van der Waals surface area contributed by atoms with Crippen LogP contribution in [0.1, 0.15) is 6.42 Å². The van der Waals surface area contributed by atoms with Crippen LogP contribution < -0.4 is 10.6 Å². The first kappa shape index (κ1) is 15.1. The number of hydrogen-bond donors (Lipinski definition) is 2. The summed E-state index contributed by atoms with van der Waals surface area (Å²) in [4.78, 5) is 0. The zero-order chi connectivity index (χ0) is 14.4. The lowest BCUT2D eigenvalue weighted by molar-refractivity contribution is 0.574. The van der Waals surface area contributed by atoms with Gasteiger partial charge in [-0.3, -0.25) is 4.68 Å². The summed E-state index contributed by atoms with van der Waals surface area (Å²) in [5, 5.41) is 12.0. The molecule has 7 heteroatoms. The molecule has 0 unspecified atom stereocenters. The van der Waals surface area contributed by atoms with E-state index in [0.717, 1.165) is 19.5 Å². The van der Waals surface area contributed by atoms with E-state index in [-0.39, 0.29) is 0 Å². The van der Waals surface area contributed by atoms with Crippen LogP contribution in [0.5, 0.6) is 0 Å². The van der Waals surface area contributed by atoms with Gasteiger partial charge in [0.25, 0.3) is 0 Å². The van der Waals surface area contributed by atoms with Gasteiger partial charge in [0.05, 0.1) is 10.7 Å². The van der Waals surface area contributed by atoms with Gasteiger partial charge in [0.1, 0.15) is 0 Å². The molecule has 0 bridgehead atoms. The van der Waals surface area contributed by atoms with E-state index in [1.54, 1.807) is 24.4 Å². The molecule has 0 fully saturated rings. The van der Waals surface area contributed by atoms with E-state index < -0.39 is 0 Å². The van der Waals surface area contributed by atoms with Crippen LogP contribution in [-0.2, 0) is 6.54 Å². The van der Waals surface area contributed by atoms with Crippen LogP contribution in [0.25, 0.3) is 0 Å². The molecule has 0 aliphatic carbocycles. The smallest absolute Gasteiger partial charge is 0.170 e. The summed E-state index contributed by atoms with van der Waals surface area (Å²) in [6.45, 7) is 1.60. The lowest BCUT2D eigenvalue weighted by Crippen LogP contribution is -2.29. The second-order valence-corrected chi connectivity index (χ2v) is 5.38. The second kappa shape index (κ2) is 7.47. The predicted octanol–water partition coefficient (Wildman–Crippen LogP) is 3.57. The topological polar surface area (TPSA) is 41.9 Å². The lowest BCUT2D eigenvalue weighted by atomic mass is 10.3. The first-order valence-corrected chi connectivity index (χ1v) is 7.29. The van der Waals surface area contributed by atoms with E-state index in [1.165, 1.54) is 0 Å². The van der Waals surface area contributed by atoms with Crippen LogP contribution in [0, 0.1) is 0 Å². The quantitative estimate of drug-likeness (QED) is 0.650. The van der Waals surface area contributed by atoms with Gasteiger partial charge in [0.2, 0.25) is 0 Å². The van der Waals surface area contributed by atoms with Gasteiger partial charge in [-0.25, -0.2) is 0 Å². The number of benzene rings is 1. The fraction of sp³-hybridized carbons (Fsp3) is 0.231. The molecule has 20 heavy (non-hydrogen) atoms. The molecule has 0 aliphatic rings. The number of aromatic nitrogens is 2. The standard InChI is InChI=1S/C13H14Cl2N4S/c14-10-3-4-11(15)12(9-10)18-13(20)16-5-1-7-19-8-2-6-17-19/h2-4,6,8-9H,1,5,7H2,(H2,16,18,20). The fourth-order valence-corrected chi connectivity index (χ4v) is 2.18. The minimum atomic E-state index is 0.523. The number of rotatable bonds is 5. The highest BCUT2D eigenvalue weighted by molar-refractivity contribution is 7.80. The molecular weight excluding hydrogens is 315 g/mol. The van der Waals surface area contributed by atoms with Crippen LogP contribution in [-0.4, -0.2) is 21.4 Å². The van der Waals surface area contributed by atoms with Crippen molar-refractivity contribution in [1.29, 1.82) is 0 Å². The molecule has 0 saturated carbocycles. The molecule has 2 aromatic rings. The van der Waals surface area contributed by atoms with Crippen molar-refractivity contribution in [3.8, 4) is 0 Å². The Morgan fingerprint density at radius 2 is 2.20 bits per heavy atom. The number of nitrogens with one attached hydrogen (secondary N) is 2. The summed E-state index contributed by atoms with van der Waals surface area (Å²) < 4.78 is 1.88. The number of aryl methyl sites for hydroxylation is 1. The molecule has 4 nitrogen and oxygen atoms in total. The van der Waals surface area contributed by atoms with Gasteiger partial charge in [-0.2, -0.15) is 5.10 Å². The second-order valence-electron chi connectivity index (χ2n) is 4.13. The minimum absolute atomic E-state index is 0.523. The lowest BCUT2D eigenvalue weighted by Gasteiger charge is -2.12. The Bertz CT molecular complexity index is 572. The van der Waals surface area contributed by atoms with Gasteiger partial charge < -0.3 is 10.6 Å². The molecule has 1 aromatic carbocycles. The minimum Gasteiger partial charge on any atom is -0.362 e. The van der Waals surface area contributed by atoms with Gasteiger partial charge in [-0.15, -0.1) is 0 Å². The summed E-state index contributed by atoms with van der Waals surface area (Å²) in [7, 11) is 0. The largest absolute Gasteiger partial charge is 0.362 e. The molecule has 0 amide bonds. The average molecular weight is 329 g/mol. The van der Waals surface area contributed by atoms with Crippen LogP contribution in [0.3, 0.4) is 0 Å². The number of anilines is 1. The maximum atomic E-state index is 6.05. The molecule has 0 radical (unpaired) electrons. The number of hydrogen-bond acceptors (Lipinski definition) is 2. The highest BCUT2D eigenvalue weighted by Crippen LogP contribution is 2.25. The van der Waals surface area contributed by atoms with Crippen molar-refractivity contribution in [2.24, 2.45) is 0 Å². The SMILES string of the molecule is S=C(NCCCn1cccn1)Nc1cc(Cl)ccc1Cl. The van der Waals surface area contributed by atoms with Crippen molar-refractivity contribution in [2.45, 2.75) is 13.0 Å². The molecule has 0 atom stereocenters. The van der Waals surface area contributed by atoms with Crippen molar-refractivity contribution in [3.63, 3.8) is 0 Å². The van der Waals surface area contributed by atoms with Crippen LogP contribution in [0.15, 0.2) is 36.7 Å². The number of nitrogens with zero attached hydrogens (tertiary/aromatic N) is 2. The molecule has 0 spiro atoms. The van der Waals surface area contributed by atoms with E-state index in [0.29, 0.717) is 20.8 Å². The highest BCUT2D eigenvalue weighted by Gasteiger charge is 2.03. The Morgan fingerprint density at radius 1 is 1.35 bits per heavy atom. The number of halogens is 2. The van der Waals surface area contributed by atoms with Gasteiger partial charge in [0, 0.05) is 30.5 Å². The Morgan fingerprint density at radius 3 is 2.95 bits per heavy atom. The maximum absolute atomic E-state index is 6.05. The summed E-state index contributed by atoms with van der Waals surface area (Å²) in [6, 6.07) is 7.10. The van der Waals surface area contributed by atoms with Crippen molar-refractivity contribution in [2.75, 3.05) is 11.9 Å². The van der Waals surface area contributed by atoms with E-state index in [1.807, 2.05) is 16.9 Å². The van der Waals surface area contributed by atoms with Crippen molar-refractivity contribution < 1.29 is 0 Å². The predicted molar refractivity (Wildman–Crippen MR) is 87.5 cm³/mol. The third kappa shape index (κ3) is 4.67. The van der Waals surface area contributed by atoms with E-state index in [9.17, 15) is 0 Å². The summed E-state index contributed by atoms with van der Waals surface area (Å²) in [6.07, 6.45) is 4.62. The molecule has 0 aliphatic heterocycles. The first-order chi connectivity index (χ1) is 9.65. The Balaban J connectivity index is 1.73. The maximum Gasteiger partial charge on any atom is 0.170 e. The van der Waals surface area contributed by atoms with Crippen LogP contribution in [0.2, 0.25) is 10.0 Å². The van der Waals surface area contributed by atoms with Crippen molar-refractivity contribution >= 4 is 46.2 Å². The molecule has 106 valence electrons. The van der Waals surface area contributed by atoms with E-state index in [4.69, 9.17) is 35.4 Å². The Kier molecular flexibility index (Phi) is 5.64. The summed E-state index contributed by atoms with van der Waals surface area (Å²) in [5.41, 5.74) is 0.698. The normalized spacial score (nSPS) is 10.3. The Hall–Kier alpha value is -1.30. The van der Waals surface area contributed by atoms with E-state index >= 15 is 0 Å². The monoisotopic (exact) mass is 328 g/mol. The third-order valence-corrected chi connectivity index (χ3v) is 3.40. The molecule has 2 rings (SSSR count). The number of thiocarbonyl (C=S) groups is 1. The zero-order valence-corrected chi connectivity index (χ0v) is 13.0. The first-order valence-electron chi connectivity index (χ1n) is 6.12. The van der Waals surface area contributed by atoms with Gasteiger partial charge >= 0.3 is 0 Å². The molecule has 0 saturated heterocycles. The van der Waals surface area contributed by atoms with Gasteiger partial charge in [-0.05, 0) is 42.9 Å².